The SMILES string of the molecule is CC(=O)/C(=C/c1cccc(Br)c1)C(=O)NC/C=C/c1ccccc1. The number of amides is 1. The van der Waals surface area contributed by atoms with Crippen LogP contribution < -0.4 is 5.32 Å². The smallest absolute Gasteiger partial charge is 0.255 e. The molecule has 0 aliphatic heterocycles. The number of hydrogen-bond acceptors (Lipinski definition) is 2. The minimum atomic E-state index is -0.375. The molecule has 0 fully saturated rings. The Labute approximate surface area is 150 Å². The molecule has 24 heavy (non-hydrogen) atoms. The topological polar surface area (TPSA) is 46.2 Å². The van der Waals surface area contributed by atoms with Gasteiger partial charge >= 0.3 is 0 Å². The molecular formula is C20H18BrNO2. The quantitative estimate of drug-likeness (QED) is 0.460. The predicted octanol–water partition coefficient (Wildman–Crippen LogP) is 4.25. The van der Waals surface area contributed by atoms with Gasteiger partial charge in [0, 0.05) is 11.0 Å². The van der Waals surface area contributed by atoms with Crippen molar-refractivity contribution in [2.75, 3.05) is 6.54 Å². The van der Waals surface area contributed by atoms with Crippen molar-refractivity contribution in [1.29, 1.82) is 0 Å². The molecule has 0 atom stereocenters. The highest BCUT2D eigenvalue weighted by Gasteiger charge is 2.13. The normalized spacial score (nSPS) is 11.5. The Balaban J connectivity index is 2.02. The minimum Gasteiger partial charge on any atom is -0.348 e. The molecule has 2 aromatic rings. The van der Waals surface area contributed by atoms with Gasteiger partial charge in [-0.25, -0.2) is 0 Å². The van der Waals surface area contributed by atoms with E-state index in [0.29, 0.717) is 6.54 Å². The van der Waals surface area contributed by atoms with Crippen LogP contribution in [0, 0.1) is 0 Å². The molecule has 0 aliphatic carbocycles. The van der Waals surface area contributed by atoms with E-state index in [1.54, 1.807) is 6.08 Å². The van der Waals surface area contributed by atoms with E-state index in [1.165, 1.54) is 6.92 Å². The highest BCUT2D eigenvalue weighted by Crippen LogP contribution is 2.15. The van der Waals surface area contributed by atoms with Gasteiger partial charge in [0.1, 0.15) is 0 Å². The summed E-state index contributed by atoms with van der Waals surface area (Å²) in [5.74, 6) is -0.639. The molecule has 0 bridgehead atoms. The Bertz CT molecular complexity index is 779. The molecule has 2 rings (SSSR count). The van der Waals surface area contributed by atoms with Crippen molar-refractivity contribution >= 4 is 39.8 Å². The van der Waals surface area contributed by atoms with Gasteiger partial charge in [0.05, 0.1) is 5.57 Å². The average Bonchev–Trinajstić information content (AvgIpc) is 2.57. The third-order valence-electron chi connectivity index (χ3n) is 3.27. The molecular weight excluding hydrogens is 366 g/mol. The Kier molecular flexibility index (Phi) is 6.70. The van der Waals surface area contributed by atoms with Gasteiger partial charge in [-0.2, -0.15) is 0 Å². The molecule has 1 amide bonds. The number of carbonyl (C=O) groups excluding carboxylic acids is 2. The van der Waals surface area contributed by atoms with Crippen molar-refractivity contribution in [3.05, 3.63) is 81.8 Å². The number of carbonyl (C=O) groups is 2. The number of rotatable bonds is 6. The zero-order valence-corrected chi connectivity index (χ0v) is 14.9. The largest absolute Gasteiger partial charge is 0.348 e. The summed E-state index contributed by atoms with van der Waals surface area (Å²) in [5, 5.41) is 2.74. The van der Waals surface area contributed by atoms with Gasteiger partial charge in [-0.15, -0.1) is 0 Å². The van der Waals surface area contributed by atoms with Crippen LogP contribution in [0.1, 0.15) is 18.1 Å². The lowest BCUT2D eigenvalue weighted by Crippen LogP contribution is -2.27. The molecule has 122 valence electrons. The van der Waals surface area contributed by atoms with E-state index in [9.17, 15) is 9.59 Å². The van der Waals surface area contributed by atoms with Crippen molar-refractivity contribution in [1.82, 2.24) is 5.32 Å². The van der Waals surface area contributed by atoms with Gasteiger partial charge in [0.25, 0.3) is 5.91 Å². The highest BCUT2D eigenvalue weighted by molar-refractivity contribution is 9.10. The van der Waals surface area contributed by atoms with E-state index in [0.717, 1.165) is 15.6 Å². The highest BCUT2D eigenvalue weighted by atomic mass is 79.9. The molecule has 3 nitrogen and oxygen atoms in total. The fourth-order valence-corrected chi connectivity index (χ4v) is 2.51. The van der Waals surface area contributed by atoms with E-state index >= 15 is 0 Å². The summed E-state index contributed by atoms with van der Waals surface area (Å²) in [6.07, 6.45) is 5.37. The summed E-state index contributed by atoms with van der Waals surface area (Å²) in [6, 6.07) is 17.2. The number of halogens is 1. The number of Topliss-reactive ketones (excluding diaryl/α,β-unsaturated/α-hetero) is 1. The molecule has 0 aromatic heterocycles. The monoisotopic (exact) mass is 383 g/mol. The maximum Gasteiger partial charge on any atom is 0.255 e. The number of benzene rings is 2. The van der Waals surface area contributed by atoms with Crippen molar-refractivity contribution in [3.8, 4) is 0 Å². The minimum absolute atomic E-state index is 0.140. The molecule has 0 heterocycles. The first kappa shape index (κ1) is 17.9. The van der Waals surface area contributed by atoms with Crippen LogP contribution >= 0.6 is 15.9 Å². The van der Waals surface area contributed by atoms with Gasteiger partial charge in [-0.3, -0.25) is 9.59 Å². The zero-order chi connectivity index (χ0) is 17.4. The second kappa shape index (κ2) is 8.99. The van der Waals surface area contributed by atoms with Crippen LogP contribution in [0.25, 0.3) is 12.2 Å². The standard InChI is InChI=1S/C20H18BrNO2/c1-15(23)19(14-17-9-5-11-18(21)13-17)20(24)22-12-6-10-16-7-3-2-4-8-16/h2-11,13-14H,12H2,1H3,(H,22,24)/b10-6+,19-14-. The van der Waals surface area contributed by atoms with Crippen molar-refractivity contribution < 1.29 is 9.59 Å². The molecule has 0 saturated heterocycles. The van der Waals surface area contributed by atoms with Crippen molar-refractivity contribution in [3.63, 3.8) is 0 Å². The van der Waals surface area contributed by atoms with E-state index in [2.05, 4.69) is 21.2 Å². The molecule has 4 heteroatoms. The van der Waals surface area contributed by atoms with Crippen LogP contribution in [0.15, 0.2) is 70.7 Å². The van der Waals surface area contributed by atoms with Gasteiger partial charge < -0.3 is 5.32 Å². The molecule has 1 N–H and O–H groups in total. The maximum absolute atomic E-state index is 12.2. The van der Waals surface area contributed by atoms with Gasteiger partial charge in [-0.05, 0) is 36.3 Å². The lowest BCUT2D eigenvalue weighted by atomic mass is 10.1. The molecule has 2 aromatic carbocycles. The maximum atomic E-state index is 12.2. The third kappa shape index (κ3) is 5.63. The lowest BCUT2D eigenvalue weighted by molar-refractivity contribution is -0.121. The van der Waals surface area contributed by atoms with Gasteiger partial charge in [0.15, 0.2) is 5.78 Å². The van der Waals surface area contributed by atoms with Crippen LogP contribution in [0.4, 0.5) is 0 Å². The Morgan fingerprint density at radius 2 is 1.75 bits per heavy atom. The Hall–Kier alpha value is -2.46. The van der Waals surface area contributed by atoms with Crippen molar-refractivity contribution in [2.24, 2.45) is 0 Å². The predicted molar refractivity (Wildman–Crippen MR) is 101 cm³/mol. The van der Waals surface area contributed by atoms with Crippen molar-refractivity contribution in [2.45, 2.75) is 6.92 Å². The molecule has 0 radical (unpaired) electrons. The fraction of sp³-hybridized carbons (Fsp3) is 0.100. The summed E-state index contributed by atoms with van der Waals surface area (Å²) in [4.78, 5) is 24.0. The third-order valence-corrected chi connectivity index (χ3v) is 3.77. The first-order valence-corrected chi connectivity index (χ1v) is 8.33. The van der Waals surface area contributed by atoms with E-state index in [4.69, 9.17) is 0 Å². The zero-order valence-electron chi connectivity index (χ0n) is 13.3. The van der Waals surface area contributed by atoms with Crippen LogP contribution in [-0.4, -0.2) is 18.2 Å². The summed E-state index contributed by atoms with van der Waals surface area (Å²) < 4.78 is 0.894. The van der Waals surface area contributed by atoms with Crippen LogP contribution in [0.3, 0.4) is 0 Å². The fourth-order valence-electron chi connectivity index (χ4n) is 2.10. The molecule has 0 saturated carbocycles. The van der Waals surface area contributed by atoms with E-state index < -0.39 is 0 Å². The molecule has 0 aliphatic rings. The molecule has 0 spiro atoms. The summed E-state index contributed by atoms with van der Waals surface area (Å²) in [7, 11) is 0. The second-order valence-corrected chi connectivity index (χ2v) is 6.11. The van der Waals surface area contributed by atoms with Crippen LogP contribution in [0.5, 0.6) is 0 Å². The van der Waals surface area contributed by atoms with Crippen LogP contribution in [-0.2, 0) is 9.59 Å². The number of hydrogen-bond donors (Lipinski definition) is 1. The summed E-state index contributed by atoms with van der Waals surface area (Å²) in [6.45, 7) is 1.75. The first-order valence-electron chi connectivity index (χ1n) is 7.54. The Morgan fingerprint density at radius 3 is 2.42 bits per heavy atom. The number of ketones is 1. The summed E-state index contributed by atoms with van der Waals surface area (Å²) >= 11 is 3.38. The van der Waals surface area contributed by atoms with Gasteiger partial charge in [-0.1, -0.05) is 70.5 Å². The van der Waals surface area contributed by atoms with Gasteiger partial charge in [0.2, 0.25) is 0 Å². The number of nitrogens with one attached hydrogen (secondary N) is 1. The Morgan fingerprint density at radius 1 is 1.04 bits per heavy atom. The van der Waals surface area contributed by atoms with E-state index in [1.807, 2.05) is 66.7 Å². The summed E-state index contributed by atoms with van der Waals surface area (Å²) in [5.41, 5.74) is 1.99. The average molecular weight is 384 g/mol. The van der Waals surface area contributed by atoms with Crippen LogP contribution in [0.2, 0.25) is 0 Å². The lowest BCUT2D eigenvalue weighted by Gasteiger charge is -2.05. The first-order chi connectivity index (χ1) is 11.6. The van der Waals surface area contributed by atoms with E-state index in [-0.39, 0.29) is 17.3 Å². The second-order valence-electron chi connectivity index (χ2n) is 5.19. The molecule has 0 unspecified atom stereocenters.